The highest BCUT2D eigenvalue weighted by atomic mass is 16.5. The summed E-state index contributed by atoms with van der Waals surface area (Å²) in [5.41, 5.74) is 1.75. The van der Waals surface area contributed by atoms with Gasteiger partial charge in [-0.15, -0.1) is 0 Å². The molecule has 1 amide bonds. The van der Waals surface area contributed by atoms with Crippen molar-refractivity contribution in [1.82, 2.24) is 4.90 Å². The van der Waals surface area contributed by atoms with Crippen LogP contribution < -0.4 is 19.1 Å². The summed E-state index contributed by atoms with van der Waals surface area (Å²) < 4.78 is 16.4. The van der Waals surface area contributed by atoms with Gasteiger partial charge in [0, 0.05) is 18.5 Å². The summed E-state index contributed by atoms with van der Waals surface area (Å²) in [6.45, 7) is 5.34. The Balaban J connectivity index is 2.07. The van der Waals surface area contributed by atoms with E-state index in [1.54, 1.807) is 55.3 Å². The number of carbonyl (C=O) groups excluding carboxylic acids is 3. The van der Waals surface area contributed by atoms with Crippen LogP contribution in [-0.4, -0.2) is 70.4 Å². The summed E-state index contributed by atoms with van der Waals surface area (Å²) in [5.74, 6) is -1.16. The lowest BCUT2D eigenvalue weighted by Gasteiger charge is -2.28. The smallest absolute Gasteiger partial charge is 0.291 e. The second-order valence-electron chi connectivity index (χ2n) is 8.98. The van der Waals surface area contributed by atoms with E-state index in [2.05, 4.69) is 0 Å². The summed E-state index contributed by atoms with van der Waals surface area (Å²) in [5, 5.41) is 0. The number of ether oxygens (including phenoxy) is 3. The van der Waals surface area contributed by atoms with Gasteiger partial charge in [-0.05, 0) is 55.3 Å². The SMILES string of the molecule is CCOc1ccc(C2C(C(=O)c3ccc(OC)cc3C)C(=O)C(=O)N2CCC[NH+](C)C)cc1OC. The topological polar surface area (TPSA) is 86.6 Å². The molecule has 2 atom stereocenters. The van der Waals surface area contributed by atoms with Gasteiger partial charge in [-0.3, -0.25) is 14.4 Å². The van der Waals surface area contributed by atoms with Gasteiger partial charge in [-0.1, -0.05) is 6.07 Å². The van der Waals surface area contributed by atoms with Crippen molar-refractivity contribution in [3.63, 3.8) is 0 Å². The third-order valence-corrected chi connectivity index (χ3v) is 6.29. The molecule has 0 aromatic heterocycles. The van der Waals surface area contributed by atoms with E-state index < -0.39 is 23.7 Å². The molecule has 1 saturated heterocycles. The van der Waals surface area contributed by atoms with Gasteiger partial charge in [0.05, 0.1) is 47.5 Å². The van der Waals surface area contributed by atoms with Crippen LogP contribution in [0.1, 0.15) is 40.9 Å². The van der Waals surface area contributed by atoms with Gasteiger partial charge >= 0.3 is 0 Å². The first-order valence-corrected chi connectivity index (χ1v) is 11.9. The number of benzene rings is 2. The van der Waals surface area contributed by atoms with Gasteiger partial charge in [0.2, 0.25) is 5.78 Å². The van der Waals surface area contributed by atoms with Crippen molar-refractivity contribution in [2.75, 3.05) is 48.0 Å². The van der Waals surface area contributed by atoms with Crippen LogP contribution in [-0.2, 0) is 9.59 Å². The van der Waals surface area contributed by atoms with Crippen molar-refractivity contribution >= 4 is 17.5 Å². The van der Waals surface area contributed by atoms with Crippen LogP contribution >= 0.6 is 0 Å². The molecule has 1 N–H and O–H groups in total. The third-order valence-electron chi connectivity index (χ3n) is 6.29. The van der Waals surface area contributed by atoms with Gasteiger partial charge in [0.25, 0.3) is 5.91 Å². The number of nitrogens with one attached hydrogen (secondary N) is 1. The number of likely N-dealkylation sites (tertiary alicyclic amines) is 1. The second kappa shape index (κ2) is 11.4. The number of carbonyl (C=O) groups is 3. The normalized spacial score (nSPS) is 17.7. The summed E-state index contributed by atoms with van der Waals surface area (Å²) >= 11 is 0. The van der Waals surface area contributed by atoms with Gasteiger partial charge < -0.3 is 24.0 Å². The molecule has 0 bridgehead atoms. The first-order chi connectivity index (χ1) is 16.7. The number of methoxy groups -OCH3 is 2. The molecular weight excluding hydrogens is 448 g/mol. The van der Waals surface area contributed by atoms with E-state index in [4.69, 9.17) is 14.2 Å². The largest absolute Gasteiger partial charge is 0.497 e. The van der Waals surface area contributed by atoms with Crippen molar-refractivity contribution in [1.29, 1.82) is 0 Å². The molecule has 8 nitrogen and oxygen atoms in total. The molecular formula is C27H35N2O6+. The Bertz CT molecular complexity index is 1100. The van der Waals surface area contributed by atoms with Crippen LogP contribution in [0.5, 0.6) is 17.2 Å². The molecule has 0 radical (unpaired) electrons. The minimum Gasteiger partial charge on any atom is -0.497 e. The molecule has 2 aromatic carbocycles. The number of Topliss-reactive ketones (excluding diaryl/α,β-unsaturated/α-hetero) is 2. The Morgan fingerprint density at radius 2 is 1.77 bits per heavy atom. The van der Waals surface area contributed by atoms with E-state index in [9.17, 15) is 14.4 Å². The lowest BCUT2D eigenvalue weighted by Crippen LogP contribution is -3.05. The number of nitrogens with zero attached hydrogens (tertiary/aromatic N) is 1. The highest BCUT2D eigenvalue weighted by molar-refractivity contribution is 6.44. The molecule has 1 fully saturated rings. The summed E-state index contributed by atoms with van der Waals surface area (Å²) in [7, 11) is 7.15. The van der Waals surface area contributed by atoms with E-state index >= 15 is 0 Å². The van der Waals surface area contributed by atoms with Gasteiger partial charge in [-0.25, -0.2) is 0 Å². The predicted octanol–water partition coefficient (Wildman–Crippen LogP) is 1.90. The van der Waals surface area contributed by atoms with Crippen LogP contribution in [0.2, 0.25) is 0 Å². The minimum atomic E-state index is -1.15. The number of ketones is 2. The quantitative estimate of drug-likeness (QED) is 0.299. The number of quaternary nitrogens is 1. The molecule has 0 spiro atoms. The highest BCUT2D eigenvalue weighted by Crippen LogP contribution is 2.41. The molecule has 0 aliphatic carbocycles. The fourth-order valence-corrected chi connectivity index (χ4v) is 4.55. The van der Waals surface area contributed by atoms with Gasteiger partial charge in [0.15, 0.2) is 17.3 Å². The first kappa shape index (κ1) is 26.2. The maximum atomic E-state index is 13.8. The number of aryl methyl sites for hydroxylation is 1. The molecule has 2 aromatic rings. The number of hydrogen-bond donors (Lipinski definition) is 1. The van der Waals surface area contributed by atoms with Crippen LogP contribution in [0.4, 0.5) is 0 Å². The third kappa shape index (κ3) is 5.48. The summed E-state index contributed by atoms with van der Waals surface area (Å²) in [6, 6.07) is 9.68. The summed E-state index contributed by atoms with van der Waals surface area (Å²) in [4.78, 5) is 43.0. The molecule has 1 aliphatic heterocycles. The molecule has 35 heavy (non-hydrogen) atoms. The van der Waals surface area contributed by atoms with Gasteiger partial charge in [-0.2, -0.15) is 0 Å². The molecule has 0 saturated carbocycles. The van der Waals surface area contributed by atoms with E-state index in [0.29, 0.717) is 53.5 Å². The second-order valence-corrected chi connectivity index (χ2v) is 8.98. The van der Waals surface area contributed by atoms with E-state index in [-0.39, 0.29) is 5.78 Å². The number of rotatable bonds is 11. The van der Waals surface area contributed by atoms with Crippen LogP contribution in [0.15, 0.2) is 36.4 Å². The zero-order valence-corrected chi connectivity index (χ0v) is 21.3. The zero-order valence-electron chi connectivity index (χ0n) is 21.3. The Labute approximate surface area is 206 Å². The molecule has 3 rings (SSSR count). The van der Waals surface area contributed by atoms with Crippen molar-refractivity contribution in [3.05, 3.63) is 53.1 Å². The number of amides is 1. The Kier molecular flexibility index (Phi) is 8.51. The maximum Gasteiger partial charge on any atom is 0.291 e. The first-order valence-electron chi connectivity index (χ1n) is 11.9. The lowest BCUT2D eigenvalue weighted by atomic mass is 9.85. The van der Waals surface area contributed by atoms with Crippen molar-refractivity contribution in [3.8, 4) is 17.2 Å². The van der Waals surface area contributed by atoms with Crippen LogP contribution in [0, 0.1) is 12.8 Å². The average molecular weight is 484 g/mol. The highest BCUT2D eigenvalue weighted by Gasteiger charge is 2.51. The van der Waals surface area contributed by atoms with Gasteiger partial charge in [0.1, 0.15) is 11.7 Å². The lowest BCUT2D eigenvalue weighted by molar-refractivity contribution is -0.858. The predicted molar refractivity (Wildman–Crippen MR) is 131 cm³/mol. The fourth-order valence-electron chi connectivity index (χ4n) is 4.55. The average Bonchev–Trinajstić information content (AvgIpc) is 3.08. The monoisotopic (exact) mass is 483 g/mol. The van der Waals surface area contributed by atoms with E-state index in [1.165, 1.54) is 12.0 Å². The van der Waals surface area contributed by atoms with Crippen molar-refractivity contribution in [2.24, 2.45) is 5.92 Å². The zero-order chi connectivity index (χ0) is 25.7. The number of hydrogen-bond acceptors (Lipinski definition) is 6. The molecule has 2 unspecified atom stereocenters. The Hall–Kier alpha value is -3.39. The van der Waals surface area contributed by atoms with Crippen molar-refractivity contribution in [2.45, 2.75) is 26.3 Å². The summed E-state index contributed by atoms with van der Waals surface area (Å²) in [6.07, 6.45) is 0.703. The van der Waals surface area contributed by atoms with Crippen LogP contribution in [0.3, 0.4) is 0 Å². The Morgan fingerprint density at radius 3 is 2.37 bits per heavy atom. The van der Waals surface area contributed by atoms with Crippen LogP contribution in [0.25, 0.3) is 0 Å². The molecule has 8 heteroatoms. The molecule has 1 heterocycles. The Morgan fingerprint density at radius 1 is 1.03 bits per heavy atom. The maximum absolute atomic E-state index is 13.8. The van der Waals surface area contributed by atoms with E-state index in [0.717, 1.165) is 6.54 Å². The van der Waals surface area contributed by atoms with Crippen molar-refractivity contribution < 1.29 is 33.5 Å². The molecule has 188 valence electrons. The minimum absolute atomic E-state index is 0.373. The fraction of sp³-hybridized carbons (Fsp3) is 0.444. The molecule has 1 aliphatic rings. The standard InChI is InChI=1S/C27H34N2O6/c1-7-35-21-12-9-18(16-22(21)34-6)24-23(25(30)20-11-10-19(33-5)15-17(20)2)26(31)27(32)29(24)14-8-13-28(3)4/h9-12,15-16,23-24H,7-8,13-14H2,1-6H3/p+1. The van der Waals surface area contributed by atoms with E-state index in [1.807, 2.05) is 21.0 Å².